The highest BCUT2D eigenvalue weighted by molar-refractivity contribution is 7.92. The van der Waals surface area contributed by atoms with Crippen LogP contribution in [0.25, 0.3) is 0 Å². The maximum atomic E-state index is 13.3. The molecule has 10 heteroatoms. The number of nitrogens with one attached hydrogen (secondary N) is 2. The first-order valence-electron chi connectivity index (χ1n) is 10.8. The highest BCUT2D eigenvalue weighted by Gasteiger charge is 2.27. The summed E-state index contributed by atoms with van der Waals surface area (Å²) in [6, 6.07) is 10.7. The number of aromatic hydroxyl groups is 1. The third kappa shape index (κ3) is 6.83. The number of amides is 1. The van der Waals surface area contributed by atoms with Crippen LogP contribution in [0.15, 0.2) is 42.5 Å². The van der Waals surface area contributed by atoms with Crippen molar-refractivity contribution in [1.82, 2.24) is 10.2 Å². The van der Waals surface area contributed by atoms with Crippen molar-refractivity contribution in [2.24, 2.45) is 0 Å². The predicted molar refractivity (Wildman–Crippen MR) is 126 cm³/mol. The number of likely N-dealkylation sites (tertiary alicyclic amines) is 1. The van der Waals surface area contributed by atoms with Crippen LogP contribution in [0.5, 0.6) is 11.5 Å². The number of anilines is 1. The van der Waals surface area contributed by atoms with Gasteiger partial charge in [0.05, 0.1) is 25.2 Å². The minimum atomic E-state index is -3.60. The van der Waals surface area contributed by atoms with E-state index in [1.807, 2.05) is 17.0 Å². The fourth-order valence-electron chi connectivity index (χ4n) is 3.83. The van der Waals surface area contributed by atoms with Gasteiger partial charge in [-0.1, -0.05) is 18.2 Å². The second kappa shape index (κ2) is 10.9. The first kappa shape index (κ1) is 24.8. The number of hydrogen-bond donors (Lipinski definition) is 4. The van der Waals surface area contributed by atoms with Gasteiger partial charge in [-0.2, -0.15) is 0 Å². The van der Waals surface area contributed by atoms with E-state index in [9.17, 15) is 23.4 Å². The quantitative estimate of drug-likeness (QED) is 0.408. The van der Waals surface area contributed by atoms with Crippen LogP contribution in [0.1, 0.15) is 42.5 Å². The van der Waals surface area contributed by atoms with Gasteiger partial charge in [-0.3, -0.25) is 14.8 Å². The van der Waals surface area contributed by atoms with Crippen molar-refractivity contribution >= 4 is 21.6 Å². The number of aliphatic hydroxyl groups excluding tert-OH is 1. The lowest BCUT2D eigenvalue weighted by Gasteiger charge is -2.31. The Labute approximate surface area is 194 Å². The summed E-state index contributed by atoms with van der Waals surface area (Å²) in [5.41, 5.74) is 1.12. The monoisotopic (exact) mass is 477 g/mol. The van der Waals surface area contributed by atoms with Gasteiger partial charge in [-0.05, 0) is 54.7 Å². The minimum Gasteiger partial charge on any atom is -0.506 e. The third-order valence-electron chi connectivity index (χ3n) is 5.58. The Morgan fingerprint density at radius 1 is 1.09 bits per heavy atom. The summed E-state index contributed by atoms with van der Waals surface area (Å²) >= 11 is 0. The molecule has 0 aromatic heterocycles. The molecule has 1 aliphatic rings. The van der Waals surface area contributed by atoms with Crippen LogP contribution in [0.3, 0.4) is 0 Å². The molecule has 1 heterocycles. The van der Waals surface area contributed by atoms with E-state index in [1.165, 1.54) is 18.2 Å². The maximum Gasteiger partial charge on any atom is 0.244 e. The van der Waals surface area contributed by atoms with Crippen LogP contribution in [0, 0.1) is 0 Å². The SMILES string of the molecule is COc1ccc(C(NC[C@@H](O)c2ccc(O)c(NS(C)(=O)=O)c2)C(=O)N2CCCCC2)cc1. The predicted octanol–water partition coefficient (Wildman–Crippen LogP) is 2.15. The van der Waals surface area contributed by atoms with Crippen molar-refractivity contribution in [2.45, 2.75) is 31.4 Å². The van der Waals surface area contributed by atoms with E-state index in [1.54, 1.807) is 19.2 Å². The average molecular weight is 478 g/mol. The van der Waals surface area contributed by atoms with Gasteiger partial charge in [0.1, 0.15) is 17.5 Å². The standard InChI is InChI=1S/C23H31N3O6S/c1-32-18-9-6-16(7-10-18)22(23(29)26-12-4-3-5-13-26)24-15-21(28)17-8-11-20(27)19(14-17)25-33(2,30)31/h6-11,14,21-22,24-25,27-28H,3-5,12-13,15H2,1-2H3/t21-,22?/m1/s1. The molecular formula is C23H31N3O6S. The van der Waals surface area contributed by atoms with Crippen LogP contribution in [0.4, 0.5) is 5.69 Å². The number of piperidine rings is 1. The highest BCUT2D eigenvalue weighted by Crippen LogP contribution is 2.28. The average Bonchev–Trinajstić information content (AvgIpc) is 2.80. The first-order valence-corrected chi connectivity index (χ1v) is 12.7. The van der Waals surface area contributed by atoms with E-state index in [-0.39, 0.29) is 23.9 Å². The fourth-order valence-corrected chi connectivity index (χ4v) is 4.39. The minimum absolute atomic E-state index is 0.0230. The number of phenols is 1. The normalized spacial score (nSPS) is 16.2. The third-order valence-corrected chi connectivity index (χ3v) is 6.17. The van der Waals surface area contributed by atoms with Crippen molar-refractivity contribution in [3.63, 3.8) is 0 Å². The molecule has 0 bridgehead atoms. The molecule has 1 fully saturated rings. The zero-order chi connectivity index (χ0) is 24.0. The number of carbonyl (C=O) groups excluding carboxylic acids is 1. The highest BCUT2D eigenvalue weighted by atomic mass is 32.2. The number of nitrogens with zero attached hydrogens (tertiary/aromatic N) is 1. The van der Waals surface area contributed by atoms with E-state index < -0.39 is 22.2 Å². The van der Waals surface area contributed by atoms with Gasteiger partial charge in [0.2, 0.25) is 15.9 Å². The number of ether oxygens (including phenoxy) is 1. The van der Waals surface area contributed by atoms with Crippen LogP contribution in [-0.4, -0.2) is 62.4 Å². The van der Waals surface area contributed by atoms with Crippen LogP contribution >= 0.6 is 0 Å². The second-order valence-corrected chi connectivity index (χ2v) is 9.92. The Balaban J connectivity index is 1.78. The summed E-state index contributed by atoms with van der Waals surface area (Å²) < 4.78 is 30.5. The van der Waals surface area contributed by atoms with Gasteiger partial charge in [0.25, 0.3) is 0 Å². The molecule has 1 amide bonds. The summed E-state index contributed by atoms with van der Waals surface area (Å²) in [5, 5.41) is 23.8. The molecule has 0 spiro atoms. The number of carbonyl (C=O) groups is 1. The first-order chi connectivity index (χ1) is 15.7. The Kier molecular flexibility index (Phi) is 8.17. The summed E-state index contributed by atoms with van der Waals surface area (Å²) in [5.74, 6) is 0.371. The summed E-state index contributed by atoms with van der Waals surface area (Å²) in [4.78, 5) is 15.1. The molecular weight excluding hydrogens is 446 g/mol. The zero-order valence-electron chi connectivity index (χ0n) is 18.8. The van der Waals surface area contributed by atoms with E-state index in [2.05, 4.69) is 10.0 Å². The largest absolute Gasteiger partial charge is 0.506 e. The molecule has 2 aromatic rings. The van der Waals surface area contributed by atoms with Crippen LogP contribution < -0.4 is 14.8 Å². The van der Waals surface area contributed by atoms with Crippen molar-refractivity contribution in [1.29, 1.82) is 0 Å². The zero-order valence-corrected chi connectivity index (χ0v) is 19.6. The molecule has 9 nitrogen and oxygen atoms in total. The Bertz CT molecular complexity index is 1050. The topological polar surface area (TPSA) is 128 Å². The number of hydrogen-bond acceptors (Lipinski definition) is 7. The molecule has 1 aliphatic heterocycles. The number of sulfonamides is 1. The fraction of sp³-hybridized carbons (Fsp3) is 0.435. The van der Waals surface area contributed by atoms with Crippen LogP contribution in [-0.2, 0) is 14.8 Å². The molecule has 180 valence electrons. The lowest BCUT2D eigenvalue weighted by molar-refractivity contribution is -0.134. The lowest BCUT2D eigenvalue weighted by atomic mass is 10.0. The molecule has 2 atom stereocenters. The summed E-state index contributed by atoms with van der Waals surface area (Å²) in [6.45, 7) is 1.45. The molecule has 2 aromatic carbocycles. The second-order valence-electron chi connectivity index (χ2n) is 8.17. The van der Waals surface area contributed by atoms with Gasteiger partial charge in [0.15, 0.2) is 0 Å². The molecule has 0 saturated carbocycles. The van der Waals surface area contributed by atoms with Gasteiger partial charge in [-0.25, -0.2) is 8.42 Å². The Hall–Kier alpha value is -2.82. The Morgan fingerprint density at radius 2 is 1.73 bits per heavy atom. The molecule has 0 aliphatic carbocycles. The van der Waals surface area contributed by atoms with Gasteiger partial charge in [-0.15, -0.1) is 0 Å². The number of benzene rings is 2. The number of methoxy groups -OCH3 is 1. The lowest BCUT2D eigenvalue weighted by Crippen LogP contribution is -2.44. The molecule has 33 heavy (non-hydrogen) atoms. The maximum absolute atomic E-state index is 13.3. The number of aliphatic hydroxyl groups is 1. The summed E-state index contributed by atoms with van der Waals surface area (Å²) in [7, 11) is -2.03. The van der Waals surface area contributed by atoms with E-state index in [0.717, 1.165) is 31.1 Å². The number of phenolic OH excluding ortho intramolecular Hbond substituents is 1. The Morgan fingerprint density at radius 3 is 2.33 bits per heavy atom. The van der Waals surface area contributed by atoms with E-state index >= 15 is 0 Å². The van der Waals surface area contributed by atoms with Crippen molar-refractivity contribution in [3.8, 4) is 11.5 Å². The van der Waals surface area contributed by atoms with Gasteiger partial charge in [0, 0.05) is 19.6 Å². The number of rotatable bonds is 9. The summed E-state index contributed by atoms with van der Waals surface area (Å²) in [6.07, 6.45) is 2.97. The van der Waals surface area contributed by atoms with Crippen LogP contribution in [0.2, 0.25) is 0 Å². The van der Waals surface area contributed by atoms with Gasteiger partial charge >= 0.3 is 0 Å². The van der Waals surface area contributed by atoms with Crippen molar-refractivity contribution < 1.29 is 28.2 Å². The molecule has 1 unspecified atom stereocenters. The van der Waals surface area contributed by atoms with Gasteiger partial charge < -0.3 is 19.8 Å². The van der Waals surface area contributed by atoms with E-state index in [4.69, 9.17) is 4.74 Å². The smallest absolute Gasteiger partial charge is 0.244 e. The molecule has 3 rings (SSSR count). The van der Waals surface area contributed by atoms with Crippen molar-refractivity contribution in [2.75, 3.05) is 37.7 Å². The molecule has 1 saturated heterocycles. The molecule has 0 radical (unpaired) electrons. The molecule has 4 N–H and O–H groups in total. The van der Waals surface area contributed by atoms with Crippen molar-refractivity contribution in [3.05, 3.63) is 53.6 Å². The van der Waals surface area contributed by atoms with E-state index in [0.29, 0.717) is 24.4 Å².